The third kappa shape index (κ3) is 7.56. The maximum Gasteiger partial charge on any atom is 0.452 e. The first kappa shape index (κ1) is 35.5. The second-order valence-corrected chi connectivity index (χ2v) is 13.1. The highest BCUT2D eigenvalue weighted by Crippen LogP contribution is 2.48. The summed E-state index contributed by atoms with van der Waals surface area (Å²) in [6.07, 6.45) is -12.7. The van der Waals surface area contributed by atoms with Gasteiger partial charge in [-0.15, -0.1) is 10.2 Å². The van der Waals surface area contributed by atoms with E-state index in [2.05, 4.69) is 10.2 Å². The van der Waals surface area contributed by atoms with E-state index < -0.39 is 71.0 Å². The normalized spacial score (nSPS) is 18.9. The van der Waals surface area contributed by atoms with Crippen molar-refractivity contribution in [2.45, 2.75) is 76.6 Å². The van der Waals surface area contributed by atoms with Gasteiger partial charge in [0.1, 0.15) is 29.1 Å². The van der Waals surface area contributed by atoms with Crippen LogP contribution in [0.2, 0.25) is 5.02 Å². The lowest BCUT2D eigenvalue weighted by Gasteiger charge is -2.33. The van der Waals surface area contributed by atoms with Crippen molar-refractivity contribution in [3.8, 4) is 11.4 Å². The molecule has 0 N–H and O–H groups in total. The number of aromatic nitrogens is 3. The number of alkyl halides is 6. The summed E-state index contributed by atoms with van der Waals surface area (Å²) in [5, 5.41) is 7.13. The maximum atomic E-state index is 14.5. The van der Waals surface area contributed by atoms with Gasteiger partial charge in [-0.05, 0) is 63.8 Å². The van der Waals surface area contributed by atoms with Gasteiger partial charge in [0, 0.05) is 35.7 Å². The Kier molecular flexibility index (Phi) is 9.77. The number of methoxy groups -OCH3 is 1. The largest absolute Gasteiger partial charge is 0.496 e. The van der Waals surface area contributed by atoms with E-state index >= 15 is 0 Å². The van der Waals surface area contributed by atoms with Gasteiger partial charge in [0.2, 0.25) is 11.7 Å². The van der Waals surface area contributed by atoms with Crippen LogP contribution in [0.4, 0.5) is 26.3 Å². The number of carbonyl (C=O) groups is 2. The highest BCUT2D eigenvalue weighted by Gasteiger charge is 2.46. The fourth-order valence-electron chi connectivity index (χ4n) is 6.08. The van der Waals surface area contributed by atoms with Gasteiger partial charge in [0.05, 0.1) is 19.2 Å². The number of rotatable bonds is 6. The third-order valence-electron chi connectivity index (χ3n) is 8.09. The van der Waals surface area contributed by atoms with E-state index in [9.17, 15) is 35.9 Å². The first-order chi connectivity index (χ1) is 22.4. The molecule has 2 aliphatic rings. The first-order valence-corrected chi connectivity index (χ1v) is 15.5. The van der Waals surface area contributed by atoms with Gasteiger partial charge < -0.3 is 19.1 Å². The summed E-state index contributed by atoms with van der Waals surface area (Å²) >= 11 is 6.24. The van der Waals surface area contributed by atoms with Gasteiger partial charge in [0.25, 0.3) is 0 Å². The molecule has 1 fully saturated rings. The van der Waals surface area contributed by atoms with E-state index in [0.717, 1.165) is 19.2 Å². The maximum absolute atomic E-state index is 14.5. The Labute approximate surface area is 277 Å². The van der Waals surface area contributed by atoms with Crippen LogP contribution in [-0.4, -0.2) is 57.3 Å². The molecule has 1 saturated heterocycles. The predicted octanol–water partition coefficient (Wildman–Crippen LogP) is 7.49. The van der Waals surface area contributed by atoms with Crippen LogP contribution in [0.5, 0.6) is 5.75 Å². The molecule has 3 aromatic rings. The Hall–Kier alpha value is -3.85. The van der Waals surface area contributed by atoms with Gasteiger partial charge in [-0.25, -0.2) is 0 Å². The number of esters is 1. The van der Waals surface area contributed by atoms with Crippen LogP contribution in [0.3, 0.4) is 0 Å². The molecule has 9 nitrogen and oxygen atoms in total. The summed E-state index contributed by atoms with van der Waals surface area (Å²) in [7, 11) is 1.06. The van der Waals surface area contributed by atoms with E-state index in [1.165, 1.54) is 29.2 Å². The minimum absolute atomic E-state index is 0.0192. The Morgan fingerprint density at radius 1 is 0.958 bits per heavy atom. The molecule has 0 unspecified atom stereocenters. The SMILES string of the molecule is COc1cccc([C@H]2O[C@H](CC(=O)N3CCC(CC(=O)OC(C)(C)C)CC3)c3nnc(C(F)(F)F)n3-c3ccc(Cl)cc32)c1C(F)(F)F. The molecular formula is C32H33ClF6N4O5. The van der Waals surface area contributed by atoms with Crippen molar-refractivity contribution < 1.29 is 50.1 Å². The fraction of sp³-hybridized carbons (Fsp3) is 0.500. The lowest BCUT2D eigenvalue weighted by atomic mass is 9.93. The molecule has 0 bridgehead atoms. The zero-order valence-corrected chi connectivity index (χ0v) is 27.2. The van der Waals surface area contributed by atoms with E-state index in [-0.39, 0.29) is 47.7 Å². The average Bonchev–Trinajstić information content (AvgIpc) is 3.39. The minimum atomic E-state index is -5.03. The number of likely N-dealkylation sites (tertiary alicyclic amines) is 1. The molecule has 260 valence electrons. The zero-order chi connectivity index (χ0) is 35.2. The molecule has 0 spiro atoms. The Balaban J connectivity index is 1.52. The molecular weight excluding hydrogens is 670 g/mol. The topological polar surface area (TPSA) is 95.8 Å². The van der Waals surface area contributed by atoms with Crippen LogP contribution in [0.15, 0.2) is 36.4 Å². The van der Waals surface area contributed by atoms with Crippen molar-refractivity contribution in [3.05, 3.63) is 69.8 Å². The second-order valence-electron chi connectivity index (χ2n) is 12.7. The Bertz CT molecular complexity index is 1680. The third-order valence-corrected chi connectivity index (χ3v) is 8.32. The monoisotopic (exact) mass is 702 g/mol. The highest BCUT2D eigenvalue weighted by molar-refractivity contribution is 6.30. The molecule has 48 heavy (non-hydrogen) atoms. The molecule has 3 heterocycles. The number of carbonyl (C=O) groups excluding carboxylic acids is 2. The molecule has 1 amide bonds. The summed E-state index contributed by atoms with van der Waals surface area (Å²) in [4.78, 5) is 27.5. The second kappa shape index (κ2) is 13.2. The number of fused-ring (bicyclic) bond motifs is 3. The molecule has 2 atom stereocenters. The Morgan fingerprint density at radius 3 is 2.25 bits per heavy atom. The van der Waals surface area contributed by atoms with Gasteiger partial charge in [0.15, 0.2) is 5.82 Å². The van der Waals surface area contributed by atoms with Crippen molar-refractivity contribution >= 4 is 23.5 Å². The number of halogens is 7. The summed E-state index contributed by atoms with van der Waals surface area (Å²) in [5.74, 6) is -3.34. The quantitative estimate of drug-likeness (QED) is 0.194. The fourth-order valence-corrected chi connectivity index (χ4v) is 6.26. The van der Waals surface area contributed by atoms with Gasteiger partial charge in [-0.2, -0.15) is 26.3 Å². The van der Waals surface area contributed by atoms with E-state index in [1.807, 2.05) is 0 Å². The van der Waals surface area contributed by atoms with Crippen molar-refractivity contribution in [2.75, 3.05) is 20.2 Å². The summed E-state index contributed by atoms with van der Waals surface area (Å²) in [6, 6.07) is 7.24. The standard InChI is InChI=1S/C32H33ClF6N4O5/c1-30(2,3)48-25(45)14-17-10-12-42(13-11-17)24(44)16-23-28-40-41-29(32(37,38)39)43(28)21-9-8-18(33)15-20(21)27(47-23)19-6-5-7-22(46-4)26(19)31(34,35)36/h5-9,15,17,23,27H,10-14,16H2,1-4H3/t23-,27-/m1/s1. The number of benzene rings is 2. The highest BCUT2D eigenvalue weighted by atomic mass is 35.5. The Morgan fingerprint density at radius 2 is 1.65 bits per heavy atom. The molecule has 0 aliphatic carbocycles. The molecule has 5 rings (SSSR count). The molecule has 16 heteroatoms. The lowest BCUT2D eigenvalue weighted by Crippen LogP contribution is -2.40. The van der Waals surface area contributed by atoms with Crippen LogP contribution in [0.25, 0.3) is 5.69 Å². The average molecular weight is 703 g/mol. The molecule has 1 aromatic heterocycles. The zero-order valence-electron chi connectivity index (χ0n) is 26.4. The smallest absolute Gasteiger partial charge is 0.452 e. The number of nitrogens with zero attached hydrogens (tertiary/aromatic N) is 4. The summed E-state index contributed by atoms with van der Waals surface area (Å²) in [6.45, 7) is 5.77. The predicted molar refractivity (Wildman–Crippen MR) is 159 cm³/mol. The van der Waals surface area contributed by atoms with Crippen LogP contribution in [0, 0.1) is 5.92 Å². The van der Waals surface area contributed by atoms with Crippen LogP contribution >= 0.6 is 11.6 Å². The van der Waals surface area contributed by atoms with E-state index in [4.69, 9.17) is 25.8 Å². The van der Waals surface area contributed by atoms with Crippen LogP contribution in [-0.2, 0) is 31.4 Å². The van der Waals surface area contributed by atoms with Gasteiger partial charge in [-0.1, -0.05) is 23.7 Å². The van der Waals surface area contributed by atoms with Crippen molar-refractivity contribution in [1.29, 1.82) is 0 Å². The number of hydrogen-bond acceptors (Lipinski definition) is 7. The number of piperidine rings is 1. The minimum Gasteiger partial charge on any atom is -0.496 e. The van der Waals surface area contributed by atoms with Crippen molar-refractivity contribution in [3.63, 3.8) is 0 Å². The van der Waals surface area contributed by atoms with E-state index in [0.29, 0.717) is 17.4 Å². The van der Waals surface area contributed by atoms with Gasteiger partial charge in [-0.3, -0.25) is 14.2 Å². The van der Waals surface area contributed by atoms with E-state index in [1.54, 1.807) is 20.8 Å². The lowest BCUT2D eigenvalue weighted by molar-refractivity contribution is -0.156. The molecule has 2 aromatic carbocycles. The molecule has 0 saturated carbocycles. The molecule has 2 aliphatic heterocycles. The van der Waals surface area contributed by atoms with Crippen molar-refractivity contribution in [2.24, 2.45) is 5.92 Å². The van der Waals surface area contributed by atoms with Crippen LogP contribution in [0.1, 0.15) is 87.0 Å². The van der Waals surface area contributed by atoms with Gasteiger partial charge >= 0.3 is 18.3 Å². The first-order valence-electron chi connectivity index (χ1n) is 15.1. The molecule has 0 radical (unpaired) electrons. The summed E-state index contributed by atoms with van der Waals surface area (Å²) in [5.41, 5.74) is -2.66. The van der Waals surface area contributed by atoms with Crippen molar-refractivity contribution in [1.82, 2.24) is 19.7 Å². The summed E-state index contributed by atoms with van der Waals surface area (Å²) < 4.78 is 104. The van der Waals surface area contributed by atoms with Crippen LogP contribution < -0.4 is 4.74 Å². The number of amides is 1. The number of ether oxygens (including phenoxy) is 3. The number of hydrogen-bond donors (Lipinski definition) is 0.